The summed E-state index contributed by atoms with van der Waals surface area (Å²) >= 11 is 6.22. The Bertz CT molecular complexity index is 206. The normalized spacial score (nSPS) is 10.3. The van der Waals surface area contributed by atoms with Gasteiger partial charge in [-0.15, -0.1) is 0 Å². The zero-order chi connectivity index (χ0) is 10.1. The molecule has 0 aromatic carbocycles. The van der Waals surface area contributed by atoms with Gasteiger partial charge in [-0.05, 0) is 25.6 Å². The third kappa shape index (κ3) is 10.1. The maximum Gasteiger partial charge on any atom is 0.257 e. The Morgan fingerprint density at radius 1 is 1.54 bits per heavy atom. The Balaban J connectivity index is 3.20. The van der Waals surface area contributed by atoms with Gasteiger partial charge in [0.2, 0.25) is 4.38 Å². The molecule has 0 fully saturated rings. The van der Waals surface area contributed by atoms with Crippen LogP contribution < -0.4 is 0 Å². The minimum absolute atomic E-state index is 0.209. The van der Waals surface area contributed by atoms with E-state index in [1.54, 1.807) is 0 Å². The number of thiocarbonyl (C=S) groups is 1. The lowest BCUT2D eigenvalue weighted by Crippen LogP contribution is -1.99. The van der Waals surface area contributed by atoms with Crippen molar-refractivity contribution >= 4 is 39.3 Å². The number of hydrogen-bond donors (Lipinski definition) is 1. The summed E-state index contributed by atoms with van der Waals surface area (Å²) in [5.74, 6) is 0.710. The zero-order valence-electron chi connectivity index (χ0n) is 7.23. The Morgan fingerprint density at radius 3 is 2.77 bits per heavy atom. The van der Waals surface area contributed by atoms with Gasteiger partial charge >= 0.3 is 0 Å². The molecule has 0 aliphatic carbocycles. The van der Waals surface area contributed by atoms with Crippen molar-refractivity contribution in [1.29, 1.82) is 0 Å². The molecule has 0 amide bonds. The molecule has 0 radical (unpaired) electrons. The van der Waals surface area contributed by atoms with Gasteiger partial charge in [-0.1, -0.05) is 11.8 Å². The average Bonchev–Trinajstić information content (AvgIpc) is 2.03. The van der Waals surface area contributed by atoms with Gasteiger partial charge in [0.05, 0.1) is 13.2 Å². The molecule has 0 aromatic heterocycles. The molecular weight excluding hydrogens is 232 g/mol. The highest BCUT2D eigenvalue weighted by molar-refractivity contribution is 8.22. The van der Waals surface area contributed by atoms with Crippen molar-refractivity contribution in [3.8, 4) is 0 Å². The van der Waals surface area contributed by atoms with Crippen molar-refractivity contribution in [3.05, 3.63) is 0 Å². The first-order valence-electron chi connectivity index (χ1n) is 3.73. The number of ether oxygens (including phenoxy) is 1. The molecule has 0 saturated carbocycles. The van der Waals surface area contributed by atoms with Gasteiger partial charge in [-0.2, -0.15) is 0 Å². The van der Waals surface area contributed by atoms with Gasteiger partial charge < -0.3 is 4.74 Å². The van der Waals surface area contributed by atoms with Crippen LogP contribution in [0.2, 0.25) is 0 Å². The molecule has 0 rings (SSSR count). The lowest BCUT2D eigenvalue weighted by atomic mass is 10.5. The molecule has 78 valence electrons. The van der Waals surface area contributed by atoms with E-state index >= 15 is 0 Å². The standard InChI is InChI=1S/C6H12O4S3/c1-2-9-6(11)12-5-3-4-10-13(7)8/h13H,2-5H2,1H3. The van der Waals surface area contributed by atoms with Crippen molar-refractivity contribution < 1.29 is 17.3 Å². The number of rotatable bonds is 6. The monoisotopic (exact) mass is 244 g/mol. The predicted octanol–water partition coefficient (Wildman–Crippen LogP) is 0.974. The summed E-state index contributed by atoms with van der Waals surface area (Å²) in [7, 11) is -2.71. The average molecular weight is 244 g/mol. The first-order chi connectivity index (χ1) is 6.16. The number of thioether (sulfide) groups is 1. The molecule has 0 aliphatic rings. The van der Waals surface area contributed by atoms with Gasteiger partial charge in [0.1, 0.15) is 0 Å². The fourth-order valence-corrected chi connectivity index (χ4v) is 1.79. The van der Waals surface area contributed by atoms with E-state index < -0.39 is 11.0 Å². The molecule has 0 saturated heterocycles. The summed E-state index contributed by atoms with van der Waals surface area (Å²) in [4.78, 5) is 0. The number of thiol groups is 1. The Kier molecular flexibility index (Phi) is 8.84. The van der Waals surface area contributed by atoms with Crippen LogP contribution in [0.15, 0.2) is 0 Å². The van der Waals surface area contributed by atoms with Crippen LogP contribution in [0, 0.1) is 0 Å². The topological polar surface area (TPSA) is 52.6 Å². The summed E-state index contributed by atoms with van der Waals surface area (Å²) in [6.07, 6.45) is 0.640. The smallest absolute Gasteiger partial charge is 0.257 e. The Hall–Kier alpha value is 0.150. The van der Waals surface area contributed by atoms with E-state index in [4.69, 9.17) is 17.0 Å². The minimum Gasteiger partial charge on any atom is -0.479 e. The molecule has 0 atom stereocenters. The maximum atomic E-state index is 9.96. The van der Waals surface area contributed by atoms with E-state index in [9.17, 15) is 8.42 Å². The molecular formula is C6H12O4S3. The van der Waals surface area contributed by atoms with Crippen molar-refractivity contribution in [2.45, 2.75) is 13.3 Å². The fraction of sp³-hybridized carbons (Fsp3) is 0.833. The second-order valence-corrected chi connectivity index (χ2v) is 4.34. The zero-order valence-corrected chi connectivity index (χ0v) is 9.75. The highest BCUT2D eigenvalue weighted by atomic mass is 32.2. The van der Waals surface area contributed by atoms with Gasteiger partial charge in [0.15, 0.2) is 0 Å². The summed E-state index contributed by atoms with van der Waals surface area (Å²) in [6.45, 7) is 2.63. The molecule has 7 heteroatoms. The summed E-state index contributed by atoms with van der Waals surface area (Å²) in [5.41, 5.74) is 0. The van der Waals surface area contributed by atoms with Crippen LogP contribution in [0.25, 0.3) is 0 Å². The highest BCUT2D eigenvalue weighted by Crippen LogP contribution is 2.07. The fourth-order valence-electron chi connectivity index (χ4n) is 0.513. The van der Waals surface area contributed by atoms with Crippen molar-refractivity contribution in [3.63, 3.8) is 0 Å². The molecule has 0 heterocycles. The van der Waals surface area contributed by atoms with Gasteiger partial charge in [-0.25, -0.2) is 8.42 Å². The molecule has 0 unspecified atom stereocenters. The van der Waals surface area contributed by atoms with E-state index in [1.807, 2.05) is 6.92 Å². The maximum absolute atomic E-state index is 9.96. The van der Waals surface area contributed by atoms with Gasteiger partial charge in [-0.3, -0.25) is 4.18 Å². The third-order valence-electron chi connectivity index (χ3n) is 0.967. The van der Waals surface area contributed by atoms with Crippen molar-refractivity contribution in [2.75, 3.05) is 19.0 Å². The SMILES string of the molecule is CCOC(=S)SCCCO[SH](=O)=O. The van der Waals surface area contributed by atoms with Crippen LogP contribution in [0.3, 0.4) is 0 Å². The predicted molar refractivity (Wildman–Crippen MR) is 57.6 cm³/mol. The van der Waals surface area contributed by atoms with E-state index in [-0.39, 0.29) is 6.61 Å². The van der Waals surface area contributed by atoms with Crippen molar-refractivity contribution in [1.82, 2.24) is 0 Å². The molecule has 0 N–H and O–H groups in total. The lowest BCUT2D eigenvalue weighted by Gasteiger charge is -2.02. The van der Waals surface area contributed by atoms with E-state index in [1.165, 1.54) is 11.8 Å². The first kappa shape index (κ1) is 13.2. The molecule has 0 aliphatic heterocycles. The van der Waals surface area contributed by atoms with Crippen LogP contribution in [-0.2, 0) is 19.9 Å². The number of hydrogen-bond acceptors (Lipinski definition) is 6. The Morgan fingerprint density at radius 2 is 2.23 bits per heavy atom. The molecule has 0 bridgehead atoms. The van der Waals surface area contributed by atoms with Gasteiger partial charge in [0.25, 0.3) is 11.0 Å². The second-order valence-electron chi connectivity index (χ2n) is 1.94. The van der Waals surface area contributed by atoms with Crippen LogP contribution in [0.4, 0.5) is 0 Å². The second kappa shape index (κ2) is 8.74. The molecule has 13 heavy (non-hydrogen) atoms. The molecule has 4 nitrogen and oxygen atoms in total. The summed E-state index contributed by atoms with van der Waals surface area (Å²) in [6, 6.07) is 0. The third-order valence-corrected chi connectivity index (χ3v) is 2.68. The largest absolute Gasteiger partial charge is 0.479 e. The van der Waals surface area contributed by atoms with Crippen LogP contribution >= 0.6 is 24.0 Å². The minimum atomic E-state index is -2.71. The van der Waals surface area contributed by atoms with Gasteiger partial charge in [0, 0.05) is 5.75 Å². The first-order valence-corrected chi connectivity index (χ1v) is 6.22. The summed E-state index contributed by atoms with van der Waals surface area (Å²) in [5, 5.41) is 0. The highest BCUT2D eigenvalue weighted by Gasteiger charge is 1.97. The van der Waals surface area contributed by atoms with E-state index in [0.717, 1.165) is 0 Å². The summed E-state index contributed by atoms with van der Waals surface area (Å²) < 4.78 is 29.8. The van der Waals surface area contributed by atoms with Crippen LogP contribution in [0.1, 0.15) is 13.3 Å². The lowest BCUT2D eigenvalue weighted by molar-refractivity contribution is 0.334. The quantitative estimate of drug-likeness (QED) is 0.427. The Labute approximate surface area is 89.1 Å². The van der Waals surface area contributed by atoms with Crippen molar-refractivity contribution in [2.24, 2.45) is 0 Å². The molecule has 0 spiro atoms. The van der Waals surface area contributed by atoms with Crippen LogP contribution in [0.5, 0.6) is 0 Å². The van der Waals surface area contributed by atoms with E-state index in [2.05, 4.69) is 4.18 Å². The molecule has 0 aromatic rings. The van der Waals surface area contributed by atoms with Crippen LogP contribution in [-0.4, -0.2) is 31.8 Å². The van der Waals surface area contributed by atoms with E-state index in [0.29, 0.717) is 23.2 Å².